The molecule has 0 atom stereocenters. The number of allylic oxidation sites excluding steroid dienone is 1. The third-order valence-corrected chi connectivity index (χ3v) is 5.07. The summed E-state index contributed by atoms with van der Waals surface area (Å²) in [4.78, 5) is 10.3. The molecule has 2 N–H and O–H groups in total. The lowest BCUT2D eigenvalue weighted by molar-refractivity contribution is 0.455. The topological polar surface area (TPSA) is 86.7 Å². The van der Waals surface area contributed by atoms with Crippen LogP contribution in [0.15, 0.2) is 47.1 Å². The second-order valence-corrected chi connectivity index (χ2v) is 7.39. The summed E-state index contributed by atoms with van der Waals surface area (Å²) >= 11 is 0. The van der Waals surface area contributed by atoms with Crippen LogP contribution in [0.4, 0.5) is 0 Å². The molecule has 25 heavy (non-hydrogen) atoms. The molecule has 0 aliphatic carbocycles. The van der Waals surface area contributed by atoms with Crippen molar-refractivity contribution in [2.24, 2.45) is 4.99 Å². The molecule has 0 aromatic carbocycles. The largest absolute Gasteiger partial charge is 0.355 e. The maximum absolute atomic E-state index is 12.1. The van der Waals surface area contributed by atoms with Gasteiger partial charge in [0.1, 0.15) is 4.90 Å². The third kappa shape index (κ3) is 8.13. The van der Waals surface area contributed by atoms with Crippen LogP contribution in [0.5, 0.6) is 0 Å². The molecular formula is C17H29N5O2S. The molecule has 0 amide bonds. The average Bonchev–Trinajstić information content (AvgIpc) is 2.62. The number of hydrogen-bond acceptors (Lipinski definition) is 4. The molecule has 1 aromatic rings. The van der Waals surface area contributed by atoms with Crippen molar-refractivity contribution >= 4 is 16.0 Å². The van der Waals surface area contributed by atoms with Gasteiger partial charge in [-0.1, -0.05) is 12.5 Å². The van der Waals surface area contributed by atoms with Crippen molar-refractivity contribution in [3.63, 3.8) is 0 Å². The smallest absolute Gasteiger partial charge is 0.242 e. The predicted octanol–water partition coefficient (Wildman–Crippen LogP) is 1.61. The fourth-order valence-corrected chi connectivity index (χ4v) is 3.25. The van der Waals surface area contributed by atoms with E-state index in [0.717, 1.165) is 38.2 Å². The summed E-state index contributed by atoms with van der Waals surface area (Å²) in [5.74, 6) is 0.754. The summed E-state index contributed by atoms with van der Waals surface area (Å²) < 4.78 is 26.7. The minimum atomic E-state index is -3.52. The highest BCUT2D eigenvalue weighted by molar-refractivity contribution is 7.89. The van der Waals surface area contributed by atoms with Gasteiger partial charge in [0.15, 0.2) is 5.96 Å². The molecular weight excluding hydrogens is 338 g/mol. The van der Waals surface area contributed by atoms with Crippen molar-refractivity contribution in [2.75, 3.05) is 33.7 Å². The molecule has 8 heteroatoms. The number of pyridine rings is 1. The zero-order valence-electron chi connectivity index (χ0n) is 15.1. The molecule has 0 unspecified atom stereocenters. The molecule has 1 aromatic heterocycles. The van der Waals surface area contributed by atoms with Crippen LogP contribution in [0.3, 0.4) is 0 Å². The molecule has 0 bridgehead atoms. The Hall–Kier alpha value is -1.93. The van der Waals surface area contributed by atoms with Gasteiger partial charge < -0.3 is 10.2 Å². The first kappa shape index (κ1) is 21.1. The predicted molar refractivity (Wildman–Crippen MR) is 102 cm³/mol. The van der Waals surface area contributed by atoms with Gasteiger partial charge in [0.25, 0.3) is 0 Å². The standard InChI is InChI=1S/C17H29N5O2S/c1-4-5-6-7-8-14-22(3)17(18-2)20-12-13-21-25(23,24)16-10-9-11-19-15-16/h4,9-11,15,21H,1,5-8,12-14H2,2-3H3,(H,18,20). The molecule has 0 fully saturated rings. The number of hydrogen-bond donors (Lipinski definition) is 2. The van der Waals surface area contributed by atoms with Gasteiger partial charge in [-0.2, -0.15) is 0 Å². The molecule has 0 saturated carbocycles. The summed E-state index contributed by atoms with van der Waals surface area (Å²) in [5, 5.41) is 3.16. The van der Waals surface area contributed by atoms with Gasteiger partial charge in [-0.15, -0.1) is 6.58 Å². The van der Waals surface area contributed by atoms with E-state index in [1.807, 2.05) is 18.0 Å². The van der Waals surface area contributed by atoms with Crippen LogP contribution in [0.25, 0.3) is 0 Å². The lowest BCUT2D eigenvalue weighted by Crippen LogP contribution is -2.42. The Bertz CT molecular complexity index is 632. The number of unbranched alkanes of at least 4 members (excludes halogenated alkanes) is 3. The lowest BCUT2D eigenvalue weighted by Gasteiger charge is -2.22. The Morgan fingerprint density at radius 2 is 2.16 bits per heavy atom. The molecule has 0 aliphatic heterocycles. The van der Waals surface area contributed by atoms with Crippen molar-refractivity contribution < 1.29 is 8.42 Å². The Morgan fingerprint density at radius 1 is 1.36 bits per heavy atom. The van der Waals surface area contributed by atoms with Gasteiger partial charge in [-0.25, -0.2) is 13.1 Å². The number of aromatic nitrogens is 1. The van der Waals surface area contributed by atoms with Gasteiger partial charge in [-0.3, -0.25) is 9.98 Å². The number of rotatable bonds is 11. The minimum Gasteiger partial charge on any atom is -0.355 e. The van der Waals surface area contributed by atoms with E-state index in [4.69, 9.17) is 0 Å². The van der Waals surface area contributed by atoms with E-state index < -0.39 is 10.0 Å². The molecule has 1 heterocycles. The molecule has 0 spiro atoms. The Morgan fingerprint density at radius 3 is 2.80 bits per heavy atom. The molecule has 7 nitrogen and oxygen atoms in total. The van der Waals surface area contributed by atoms with Gasteiger partial charge >= 0.3 is 0 Å². The SMILES string of the molecule is C=CCCCCCN(C)C(=NC)NCCNS(=O)(=O)c1cccnc1. The summed E-state index contributed by atoms with van der Waals surface area (Å²) in [6.45, 7) is 5.34. The number of guanidine groups is 1. The highest BCUT2D eigenvalue weighted by Crippen LogP contribution is 2.04. The van der Waals surface area contributed by atoms with Gasteiger partial charge in [-0.05, 0) is 31.4 Å². The maximum atomic E-state index is 12.1. The second-order valence-electron chi connectivity index (χ2n) is 5.62. The van der Waals surface area contributed by atoms with Crippen molar-refractivity contribution in [1.82, 2.24) is 19.9 Å². The van der Waals surface area contributed by atoms with Crippen molar-refractivity contribution in [3.8, 4) is 0 Å². The van der Waals surface area contributed by atoms with Crippen LogP contribution in [-0.4, -0.2) is 58.0 Å². The highest BCUT2D eigenvalue weighted by atomic mass is 32.2. The number of sulfonamides is 1. The lowest BCUT2D eigenvalue weighted by atomic mass is 10.2. The summed E-state index contributed by atoms with van der Waals surface area (Å²) in [6, 6.07) is 3.11. The molecule has 0 radical (unpaired) electrons. The summed E-state index contributed by atoms with van der Waals surface area (Å²) in [7, 11) is 0.171. The molecule has 140 valence electrons. The summed E-state index contributed by atoms with van der Waals surface area (Å²) in [6.07, 6.45) is 9.24. The van der Waals surface area contributed by atoms with Gasteiger partial charge in [0, 0.05) is 46.1 Å². The van der Waals surface area contributed by atoms with Crippen LogP contribution in [-0.2, 0) is 10.0 Å². The van der Waals surface area contributed by atoms with Crippen LogP contribution in [0.1, 0.15) is 25.7 Å². The van der Waals surface area contributed by atoms with Gasteiger partial charge in [0.2, 0.25) is 10.0 Å². The van der Waals surface area contributed by atoms with Crippen molar-refractivity contribution in [3.05, 3.63) is 37.2 Å². The first-order valence-electron chi connectivity index (χ1n) is 8.43. The van der Waals surface area contributed by atoms with E-state index in [1.165, 1.54) is 18.5 Å². The van der Waals surface area contributed by atoms with E-state index >= 15 is 0 Å². The van der Waals surface area contributed by atoms with E-state index in [9.17, 15) is 8.42 Å². The Labute approximate surface area is 151 Å². The monoisotopic (exact) mass is 367 g/mol. The number of aliphatic imine (C=N–C) groups is 1. The zero-order chi connectivity index (χ0) is 18.5. The van der Waals surface area contributed by atoms with E-state index in [1.54, 1.807) is 13.1 Å². The number of nitrogens with one attached hydrogen (secondary N) is 2. The first-order valence-corrected chi connectivity index (χ1v) is 9.92. The van der Waals surface area contributed by atoms with Crippen molar-refractivity contribution in [2.45, 2.75) is 30.6 Å². The normalized spacial score (nSPS) is 12.0. The Kier molecular flexibility index (Phi) is 9.79. The average molecular weight is 368 g/mol. The third-order valence-electron chi connectivity index (χ3n) is 3.62. The van der Waals surface area contributed by atoms with E-state index in [-0.39, 0.29) is 11.4 Å². The zero-order valence-corrected chi connectivity index (χ0v) is 15.9. The fourth-order valence-electron chi connectivity index (χ4n) is 2.25. The van der Waals surface area contributed by atoms with E-state index in [0.29, 0.717) is 6.54 Å². The molecule has 0 aliphatic rings. The van der Waals surface area contributed by atoms with E-state index in [2.05, 4.69) is 26.6 Å². The van der Waals surface area contributed by atoms with Crippen molar-refractivity contribution in [1.29, 1.82) is 0 Å². The maximum Gasteiger partial charge on any atom is 0.242 e. The second kappa shape index (κ2) is 11.6. The van der Waals surface area contributed by atoms with Crippen LogP contribution in [0.2, 0.25) is 0 Å². The first-order chi connectivity index (χ1) is 12.0. The highest BCUT2D eigenvalue weighted by Gasteiger charge is 2.13. The van der Waals surface area contributed by atoms with Crippen LogP contribution < -0.4 is 10.0 Å². The molecule has 1 rings (SSSR count). The number of nitrogens with zero attached hydrogens (tertiary/aromatic N) is 3. The fraction of sp³-hybridized carbons (Fsp3) is 0.529. The van der Waals surface area contributed by atoms with Crippen LogP contribution >= 0.6 is 0 Å². The van der Waals surface area contributed by atoms with Crippen LogP contribution in [0, 0.1) is 0 Å². The quantitative estimate of drug-likeness (QED) is 0.269. The minimum absolute atomic E-state index is 0.163. The summed E-state index contributed by atoms with van der Waals surface area (Å²) in [5.41, 5.74) is 0. The molecule has 0 saturated heterocycles. The Balaban J connectivity index is 2.32. The van der Waals surface area contributed by atoms with Gasteiger partial charge in [0.05, 0.1) is 0 Å².